The van der Waals surface area contributed by atoms with Crippen LogP contribution < -0.4 is 4.90 Å². The molecule has 3 nitrogen and oxygen atoms in total. The predicted molar refractivity (Wildman–Crippen MR) is 92.5 cm³/mol. The molecule has 116 valence electrons. The number of carbonyl (C=O) groups is 1. The number of hydrogen-bond donors (Lipinski definition) is 0. The lowest BCUT2D eigenvalue weighted by Crippen LogP contribution is -2.43. The fraction of sp³-hybridized carbons (Fsp3) is 0.353. The molecule has 1 amide bonds. The summed E-state index contributed by atoms with van der Waals surface area (Å²) in [5, 5.41) is 1.87. The zero-order valence-electron chi connectivity index (χ0n) is 13.0. The van der Waals surface area contributed by atoms with E-state index in [0.717, 1.165) is 23.1 Å². The molecule has 0 saturated heterocycles. The summed E-state index contributed by atoms with van der Waals surface area (Å²) in [5.41, 5.74) is 3.76. The third-order valence-electron chi connectivity index (χ3n) is 4.13. The minimum Gasteiger partial charge on any atom is -0.290 e. The SMILES string of the molecule is CC(=O)N1CN(Cc2cccc(Cl)c2)Cc2c1sc(C)c2C. The number of fused-ring (bicyclic) bond motifs is 1. The predicted octanol–water partition coefficient (Wildman–Crippen LogP) is 4.34. The minimum absolute atomic E-state index is 0.0956. The van der Waals surface area contributed by atoms with Crippen LogP contribution in [0.4, 0.5) is 5.00 Å². The maximum atomic E-state index is 12.0. The number of halogens is 1. The van der Waals surface area contributed by atoms with E-state index in [2.05, 4.69) is 24.8 Å². The molecular formula is C17H19ClN2OS. The molecular weight excluding hydrogens is 316 g/mol. The molecule has 0 bridgehead atoms. The second-order valence-electron chi connectivity index (χ2n) is 5.77. The Morgan fingerprint density at radius 2 is 2.14 bits per heavy atom. The number of aryl methyl sites for hydroxylation is 1. The number of rotatable bonds is 2. The maximum absolute atomic E-state index is 12.0. The van der Waals surface area contributed by atoms with Crippen LogP contribution in [-0.2, 0) is 17.9 Å². The maximum Gasteiger partial charge on any atom is 0.225 e. The molecule has 0 unspecified atom stereocenters. The molecule has 1 aromatic heterocycles. The molecule has 0 saturated carbocycles. The van der Waals surface area contributed by atoms with E-state index < -0.39 is 0 Å². The number of anilines is 1. The van der Waals surface area contributed by atoms with E-state index in [-0.39, 0.29) is 5.91 Å². The van der Waals surface area contributed by atoms with Crippen molar-refractivity contribution in [1.29, 1.82) is 0 Å². The van der Waals surface area contributed by atoms with Crippen molar-refractivity contribution in [3.63, 3.8) is 0 Å². The lowest BCUT2D eigenvalue weighted by molar-refractivity contribution is -0.117. The summed E-state index contributed by atoms with van der Waals surface area (Å²) >= 11 is 7.79. The Morgan fingerprint density at radius 1 is 1.36 bits per heavy atom. The lowest BCUT2D eigenvalue weighted by Gasteiger charge is -2.35. The van der Waals surface area contributed by atoms with Gasteiger partial charge in [-0.2, -0.15) is 0 Å². The number of nitrogens with zero attached hydrogens (tertiary/aromatic N) is 2. The molecule has 0 N–H and O–H groups in total. The van der Waals surface area contributed by atoms with Gasteiger partial charge in [0.25, 0.3) is 0 Å². The molecule has 0 fully saturated rings. The molecule has 0 aliphatic carbocycles. The molecule has 2 heterocycles. The highest BCUT2D eigenvalue weighted by atomic mass is 35.5. The van der Waals surface area contributed by atoms with Crippen LogP contribution in [0.5, 0.6) is 0 Å². The molecule has 0 spiro atoms. The summed E-state index contributed by atoms with van der Waals surface area (Å²) in [5.74, 6) is 0.0956. The lowest BCUT2D eigenvalue weighted by atomic mass is 10.1. The van der Waals surface area contributed by atoms with Crippen molar-refractivity contribution in [2.45, 2.75) is 33.9 Å². The Labute approximate surface area is 140 Å². The van der Waals surface area contributed by atoms with Gasteiger partial charge in [-0.25, -0.2) is 0 Å². The van der Waals surface area contributed by atoms with Gasteiger partial charge < -0.3 is 0 Å². The van der Waals surface area contributed by atoms with Gasteiger partial charge in [0.15, 0.2) is 0 Å². The van der Waals surface area contributed by atoms with Crippen LogP contribution in [0, 0.1) is 13.8 Å². The number of amides is 1. The Morgan fingerprint density at radius 3 is 2.82 bits per heavy atom. The largest absolute Gasteiger partial charge is 0.290 e. The molecule has 0 radical (unpaired) electrons. The fourth-order valence-corrected chi connectivity index (χ4v) is 4.26. The van der Waals surface area contributed by atoms with Crippen LogP contribution in [0.25, 0.3) is 0 Å². The average molecular weight is 335 g/mol. The van der Waals surface area contributed by atoms with Crippen LogP contribution >= 0.6 is 22.9 Å². The van der Waals surface area contributed by atoms with E-state index in [9.17, 15) is 4.79 Å². The van der Waals surface area contributed by atoms with E-state index in [1.165, 1.54) is 21.6 Å². The Balaban J connectivity index is 1.89. The first kappa shape index (κ1) is 15.5. The van der Waals surface area contributed by atoms with E-state index in [1.54, 1.807) is 18.3 Å². The third-order valence-corrected chi connectivity index (χ3v) is 5.64. The summed E-state index contributed by atoms with van der Waals surface area (Å²) < 4.78 is 0. The zero-order valence-corrected chi connectivity index (χ0v) is 14.6. The highest BCUT2D eigenvalue weighted by Gasteiger charge is 2.29. The van der Waals surface area contributed by atoms with Crippen molar-refractivity contribution in [2.24, 2.45) is 0 Å². The summed E-state index contributed by atoms with van der Waals surface area (Å²) in [6.07, 6.45) is 0. The van der Waals surface area contributed by atoms with Crippen LogP contribution in [0.15, 0.2) is 24.3 Å². The average Bonchev–Trinajstić information content (AvgIpc) is 2.74. The first-order valence-electron chi connectivity index (χ1n) is 7.29. The summed E-state index contributed by atoms with van der Waals surface area (Å²) in [6, 6.07) is 7.91. The number of thiophene rings is 1. The van der Waals surface area contributed by atoms with Gasteiger partial charge in [-0.05, 0) is 37.1 Å². The van der Waals surface area contributed by atoms with Gasteiger partial charge in [0, 0.05) is 35.5 Å². The Kier molecular flexibility index (Phi) is 4.26. The topological polar surface area (TPSA) is 23.6 Å². The smallest absolute Gasteiger partial charge is 0.225 e. The van der Waals surface area contributed by atoms with Crippen LogP contribution in [-0.4, -0.2) is 17.5 Å². The molecule has 1 aromatic carbocycles. The van der Waals surface area contributed by atoms with Gasteiger partial charge in [-0.3, -0.25) is 14.6 Å². The highest BCUT2D eigenvalue weighted by Crippen LogP contribution is 2.39. The van der Waals surface area contributed by atoms with Crippen molar-refractivity contribution < 1.29 is 4.79 Å². The monoisotopic (exact) mass is 334 g/mol. The first-order valence-corrected chi connectivity index (χ1v) is 8.49. The quantitative estimate of drug-likeness (QED) is 0.815. The van der Waals surface area contributed by atoms with Crippen LogP contribution in [0.1, 0.15) is 28.5 Å². The van der Waals surface area contributed by atoms with Crippen molar-refractivity contribution in [2.75, 3.05) is 11.6 Å². The number of carbonyl (C=O) groups excluding carboxylic acids is 1. The second-order valence-corrected chi connectivity index (χ2v) is 7.41. The van der Waals surface area contributed by atoms with E-state index in [0.29, 0.717) is 6.67 Å². The standard InChI is InChI=1S/C17H19ClN2OS/c1-11-12(2)22-17-16(11)9-19(10-20(17)13(3)21)8-14-5-4-6-15(18)7-14/h4-7H,8-10H2,1-3H3. The molecule has 22 heavy (non-hydrogen) atoms. The Bertz CT molecular complexity index is 725. The van der Waals surface area contributed by atoms with Gasteiger partial charge in [0.1, 0.15) is 5.00 Å². The van der Waals surface area contributed by atoms with E-state index >= 15 is 0 Å². The van der Waals surface area contributed by atoms with E-state index in [1.807, 2.05) is 23.1 Å². The zero-order chi connectivity index (χ0) is 15.9. The van der Waals surface area contributed by atoms with Crippen molar-refractivity contribution in [3.05, 3.63) is 50.9 Å². The van der Waals surface area contributed by atoms with Gasteiger partial charge in [-0.1, -0.05) is 23.7 Å². The second kappa shape index (κ2) is 6.03. The highest BCUT2D eigenvalue weighted by molar-refractivity contribution is 7.16. The van der Waals surface area contributed by atoms with Gasteiger partial charge in [0.05, 0.1) is 6.67 Å². The van der Waals surface area contributed by atoms with Crippen LogP contribution in [0.3, 0.4) is 0 Å². The van der Waals surface area contributed by atoms with Crippen LogP contribution in [0.2, 0.25) is 5.02 Å². The minimum atomic E-state index is 0.0956. The molecule has 1 aliphatic rings. The van der Waals surface area contributed by atoms with Gasteiger partial charge in [0.2, 0.25) is 5.91 Å². The molecule has 3 rings (SSSR count). The first-order chi connectivity index (χ1) is 10.5. The van der Waals surface area contributed by atoms with Crippen molar-refractivity contribution >= 4 is 33.8 Å². The number of hydrogen-bond acceptors (Lipinski definition) is 3. The van der Waals surface area contributed by atoms with Crippen molar-refractivity contribution in [1.82, 2.24) is 4.90 Å². The summed E-state index contributed by atoms with van der Waals surface area (Å²) in [6.45, 7) is 8.20. The normalized spacial score (nSPS) is 15.0. The molecule has 2 aromatic rings. The van der Waals surface area contributed by atoms with Crippen molar-refractivity contribution in [3.8, 4) is 0 Å². The molecule has 5 heteroatoms. The van der Waals surface area contributed by atoms with E-state index in [4.69, 9.17) is 11.6 Å². The fourth-order valence-electron chi connectivity index (χ4n) is 2.84. The summed E-state index contributed by atoms with van der Waals surface area (Å²) in [4.78, 5) is 17.5. The third kappa shape index (κ3) is 2.91. The number of benzene rings is 1. The Hall–Kier alpha value is -1.36. The van der Waals surface area contributed by atoms with Gasteiger partial charge >= 0.3 is 0 Å². The molecule has 1 aliphatic heterocycles. The summed E-state index contributed by atoms with van der Waals surface area (Å²) in [7, 11) is 0. The van der Waals surface area contributed by atoms with Gasteiger partial charge in [-0.15, -0.1) is 11.3 Å². The molecule has 0 atom stereocenters.